The lowest BCUT2D eigenvalue weighted by molar-refractivity contribution is 0.144. The van der Waals surface area contributed by atoms with Crippen molar-refractivity contribution < 1.29 is 5.11 Å². The molecule has 0 aromatic rings. The monoisotopic (exact) mass is 1740 g/mol. The zero-order valence-electron chi connectivity index (χ0n) is 8.36. The van der Waals surface area contributed by atoms with E-state index >= 15 is 0 Å². The van der Waals surface area contributed by atoms with E-state index in [1.54, 1.807) is 0 Å². The standard InChI is InChI=1S/C6HI13O/c7-1(4(11,12)13,2(8,9)5(14,15)16)3(10,20)6(17,18)19/h20H. The topological polar surface area (TPSA) is 20.2 Å². The van der Waals surface area contributed by atoms with Crippen LogP contribution in [0.5, 0.6) is 0 Å². The van der Waals surface area contributed by atoms with E-state index in [4.69, 9.17) is 0 Å². The number of halogens is 13. The normalized spacial score (nSPS) is 21.3. The molecule has 2 unspecified atom stereocenters. The summed E-state index contributed by atoms with van der Waals surface area (Å²) < 4.78 is -2.06. The van der Waals surface area contributed by atoms with Gasteiger partial charge in [-0.25, -0.2) is 0 Å². The second kappa shape index (κ2) is 10.4. The van der Waals surface area contributed by atoms with Gasteiger partial charge in [-0.2, -0.15) is 0 Å². The van der Waals surface area contributed by atoms with Crippen LogP contribution in [0.25, 0.3) is 0 Å². The highest BCUT2D eigenvalue weighted by atomic mass is 127. The fourth-order valence-corrected chi connectivity index (χ4v) is 17.8. The second-order valence-electron chi connectivity index (χ2n) is 3.35. The Morgan fingerprint density at radius 3 is 0.900 bits per heavy atom. The first-order valence-corrected chi connectivity index (χ1v) is 18.0. The number of aliphatic hydroxyl groups is 1. The van der Waals surface area contributed by atoms with Crippen molar-refractivity contribution in [2.45, 2.75) is 6.76 Å². The van der Waals surface area contributed by atoms with Crippen molar-refractivity contribution in [1.82, 2.24) is 0 Å². The first-order chi connectivity index (χ1) is 8.25. The average molecular weight is 1740 g/mol. The Bertz CT molecular complexity index is 331. The molecule has 0 fully saturated rings. The lowest BCUT2D eigenvalue weighted by Gasteiger charge is -2.56. The van der Waals surface area contributed by atoms with Crippen molar-refractivity contribution in [1.29, 1.82) is 0 Å². The Balaban J connectivity index is 6.50. The van der Waals surface area contributed by atoms with E-state index in [1.165, 1.54) is 0 Å². The predicted molar refractivity (Wildman–Crippen MR) is 201 cm³/mol. The van der Waals surface area contributed by atoms with Crippen LogP contribution in [0.1, 0.15) is 0 Å². The Morgan fingerprint density at radius 2 is 0.750 bits per heavy atom. The average Bonchev–Trinajstić information content (AvgIpc) is 2.10. The Morgan fingerprint density at radius 1 is 0.450 bits per heavy atom. The van der Waals surface area contributed by atoms with Gasteiger partial charge in [0.25, 0.3) is 0 Å². The van der Waals surface area contributed by atoms with Gasteiger partial charge in [-0.05, 0) is 22.6 Å². The lowest BCUT2D eigenvalue weighted by atomic mass is 10.0. The summed E-state index contributed by atoms with van der Waals surface area (Å²) >= 11 is 31.6. The van der Waals surface area contributed by atoms with Gasteiger partial charge in [0, 0.05) is 0 Å². The zero-order valence-corrected chi connectivity index (χ0v) is 36.4. The van der Waals surface area contributed by atoms with Gasteiger partial charge in [-0.3, -0.25) is 0 Å². The number of rotatable bonds is 5. The molecule has 0 rings (SSSR count). The van der Waals surface area contributed by atoms with Crippen LogP contribution in [0, 0.1) is 0 Å². The van der Waals surface area contributed by atoms with Crippen LogP contribution in [0.4, 0.5) is 0 Å². The molecular formula is C6HI13O. The highest BCUT2D eigenvalue weighted by molar-refractivity contribution is 14.3. The molecule has 122 valence electrons. The quantitative estimate of drug-likeness (QED) is 0.215. The third kappa shape index (κ3) is 6.48. The van der Waals surface area contributed by atoms with E-state index in [0.29, 0.717) is 0 Å². The molecule has 0 aliphatic heterocycles. The van der Waals surface area contributed by atoms with Gasteiger partial charge in [-0.1, -0.05) is 271 Å². The molecule has 0 amide bonds. The molecule has 0 radical (unpaired) electrons. The van der Waals surface area contributed by atoms with E-state index in [0.717, 1.165) is 0 Å². The highest BCUT2D eigenvalue weighted by Crippen LogP contribution is 2.75. The summed E-state index contributed by atoms with van der Waals surface area (Å²) in [4.78, 5) is 0. The maximum absolute atomic E-state index is 11.5. The van der Waals surface area contributed by atoms with Crippen LogP contribution in [0.3, 0.4) is 0 Å². The summed E-state index contributed by atoms with van der Waals surface area (Å²) in [5.41, 5.74) is 0. The van der Waals surface area contributed by atoms with Gasteiger partial charge >= 0.3 is 0 Å². The smallest absolute Gasteiger partial charge is 0.167 e. The fourth-order valence-electron chi connectivity index (χ4n) is 0.964. The van der Waals surface area contributed by atoms with Gasteiger partial charge in [0.05, 0.1) is 0 Å². The van der Waals surface area contributed by atoms with Crippen molar-refractivity contribution in [3.8, 4) is 0 Å². The SMILES string of the molecule is OC(I)(C(I)(I)I)C(I)(C(I)(I)I)C(I)(I)C(I)(I)I. The molecule has 1 nitrogen and oxygen atoms in total. The van der Waals surface area contributed by atoms with E-state index in [2.05, 4.69) is 294 Å². The van der Waals surface area contributed by atoms with E-state index < -0.39 is 7.03 Å². The van der Waals surface area contributed by atoms with Crippen LogP contribution in [-0.4, -0.2) is 11.9 Å². The molecule has 0 spiro atoms. The Kier molecular flexibility index (Phi) is 15.3. The minimum absolute atomic E-state index is 0.0519. The van der Waals surface area contributed by atoms with Crippen molar-refractivity contribution in [3.05, 3.63) is 0 Å². The van der Waals surface area contributed by atoms with Gasteiger partial charge < -0.3 is 5.11 Å². The number of hydrogen-bond acceptors (Lipinski definition) is 1. The summed E-state index contributed by atoms with van der Waals surface area (Å²) in [7, 11) is 0. The third-order valence-corrected chi connectivity index (χ3v) is 31.9. The summed E-state index contributed by atoms with van der Waals surface area (Å²) in [5.74, 6) is 0. The molecule has 0 aliphatic rings. The fraction of sp³-hybridized carbons (Fsp3) is 1.00. The van der Waals surface area contributed by atoms with Crippen molar-refractivity contribution in [2.24, 2.45) is 0 Å². The Hall–Kier alpha value is 9.45. The summed E-state index contributed by atoms with van der Waals surface area (Å²) in [5, 5.41) is 11.5. The molecule has 0 aromatic carbocycles. The summed E-state index contributed by atoms with van der Waals surface area (Å²) in [6.45, 7) is 0. The molecule has 0 saturated carbocycles. The molecule has 0 aliphatic carbocycles. The molecule has 0 saturated heterocycles. The second-order valence-corrected chi connectivity index (χ2v) is 45.0. The minimum atomic E-state index is -0.918. The minimum Gasteiger partial charge on any atom is -0.375 e. The first-order valence-electron chi connectivity index (χ1n) is 3.93. The van der Waals surface area contributed by atoms with Crippen LogP contribution in [0.15, 0.2) is 0 Å². The maximum Gasteiger partial charge on any atom is 0.167 e. The highest BCUT2D eigenvalue weighted by Gasteiger charge is 2.75. The van der Waals surface area contributed by atoms with Gasteiger partial charge in [0.1, 0.15) is 3.72 Å². The molecule has 0 aromatic heterocycles. The van der Waals surface area contributed by atoms with Gasteiger partial charge in [-0.15, -0.1) is 0 Å². The van der Waals surface area contributed by atoms with Crippen LogP contribution < -0.4 is 0 Å². The van der Waals surface area contributed by atoms with Crippen LogP contribution in [0.2, 0.25) is 0 Å². The molecule has 20 heavy (non-hydrogen) atoms. The van der Waals surface area contributed by atoms with Crippen molar-refractivity contribution in [3.63, 3.8) is 0 Å². The zero-order chi connectivity index (χ0) is 17.0. The lowest BCUT2D eigenvalue weighted by Crippen LogP contribution is -2.69. The molecule has 14 heteroatoms. The molecule has 0 heterocycles. The Labute approximate surface area is 296 Å². The molecular weight excluding hydrogens is 1740 g/mol. The van der Waals surface area contributed by atoms with Crippen molar-refractivity contribution in [2.75, 3.05) is 0 Å². The predicted octanol–water partition coefficient (Wildman–Crippen LogP) is 9.73. The maximum atomic E-state index is 11.5. The van der Waals surface area contributed by atoms with E-state index in [9.17, 15) is 5.11 Å². The van der Waals surface area contributed by atoms with Gasteiger partial charge in [0.15, 0.2) is 3.04 Å². The van der Waals surface area contributed by atoms with Crippen LogP contribution >= 0.6 is 294 Å². The summed E-state index contributed by atoms with van der Waals surface area (Å²) in [6, 6.07) is 0. The van der Waals surface area contributed by atoms with Crippen LogP contribution in [-0.2, 0) is 0 Å². The third-order valence-electron chi connectivity index (χ3n) is 2.01. The van der Waals surface area contributed by atoms with Gasteiger partial charge in [0.2, 0.25) is 0 Å². The summed E-state index contributed by atoms with van der Waals surface area (Å²) in [6.07, 6.45) is 0. The van der Waals surface area contributed by atoms with Crippen molar-refractivity contribution >= 4 is 294 Å². The molecule has 0 bridgehead atoms. The van der Waals surface area contributed by atoms with E-state index in [-0.39, 0.29) is -0.266 Å². The largest absolute Gasteiger partial charge is 0.375 e. The molecule has 2 atom stereocenters. The number of alkyl halides is 13. The number of hydrogen-bond donors (Lipinski definition) is 1. The van der Waals surface area contributed by atoms with E-state index in [1.807, 2.05) is 0 Å². The first kappa shape index (κ1) is 29.5. The molecule has 1 N–H and O–H groups in total.